The Bertz CT molecular complexity index is 1060. The fourth-order valence-corrected chi connectivity index (χ4v) is 3.64. The highest BCUT2D eigenvalue weighted by molar-refractivity contribution is 6.67. The van der Waals surface area contributed by atoms with Crippen molar-refractivity contribution in [1.29, 1.82) is 0 Å². The van der Waals surface area contributed by atoms with E-state index in [9.17, 15) is 18.0 Å². The Kier molecular flexibility index (Phi) is 5.17. The van der Waals surface area contributed by atoms with Crippen LogP contribution < -0.4 is 0 Å². The van der Waals surface area contributed by atoms with E-state index >= 15 is 0 Å². The average molecular weight is 416 g/mol. The summed E-state index contributed by atoms with van der Waals surface area (Å²) >= 11 is 5.75. The first-order valence-corrected chi connectivity index (χ1v) is 9.65. The smallest absolute Gasteiger partial charge is 0.276 e. The molecule has 148 valence electrons. The van der Waals surface area contributed by atoms with Gasteiger partial charge in [-0.05, 0) is 65.6 Å². The van der Waals surface area contributed by atoms with Gasteiger partial charge in [0.05, 0.1) is 11.3 Å². The Balaban J connectivity index is 1.72. The SMILES string of the molecule is O=C(Cl)c1cc(C2CC2)ccc1Cc1cnc(-c2ccccc2)c(C(F)(F)F)c1. The summed E-state index contributed by atoms with van der Waals surface area (Å²) in [5.74, 6) is 0.447. The molecule has 0 aliphatic heterocycles. The molecule has 3 aromatic rings. The maximum atomic E-state index is 13.7. The highest BCUT2D eigenvalue weighted by atomic mass is 35.5. The summed E-state index contributed by atoms with van der Waals surface area (Å²) in [6.07, 6.45) is -0.821. The second-order valence-electron chi connectivity index (χ2n) is 7.24. The molecule has 0 N–H and O–H groups in total. The lowest BCUT2D eigenvalue weighted by Crippen LogP contribution is -2.10. The molecule has 4 rings (SSSR count). The molecule has 0 spiro atoms. The fourth-order valence-electron chi connectivity index (χ4n) is 3.47. The van der Waals surface area contributed by atoms with Gasteiger partial charge in [0, 0.05) is 17.3 Å². The van der Waals surface area contributed by atoms with Crippen molar-refractivity contribution in [2.45, 2.75) is 31.4 Å². The van der Waals surface area contributed by atoms with Gasteiger partial charge in [-0.15, -0.1) is 0 Å². The summed E-state index contributed by atoms with van der Waals surface area (Å²) < 4.78 is 41.1. The summed E-state index contributed by atoms with van der Waals surface area (Å²) in [4.78, 5) is 16.0. The van der Waals surface area contributed by atoms with Gasteiger partial charge >= 0.3 is 6.18 Å². The fraction of sp³-hybridized carbons (Fsp3) is 0.217. The Morgan fingerprint density at radius 1 is 1.07 bits per heavy atom. The van der Waals surface area contributed by atoms with E-state index in [4.69, 9.17) is 11.6 Å². The van der Waals surface area contributed by atoms with Crippen molar-refractivity contribution in [1.82, 2.24) is 4.98 Å². The van der Waals surface area contributed by atoms with Crippen molar-refractivity contribution in [2.75, 3.05) is 0 Å². The Morgan fingerprint density at radius 2 is 1.79 bits per heavy atom. The van der Waals surface area contributed by atoms with E-state index in [1.54, 1.807) is 42.5 Å². The van der Waals surface area contributed by atoms with Crippen LogP contribution in [-0.2, 0) is 12.6 Å². The standard InChI is InChI=1S/C23H17ClF3NO/c24-22(29)19-12-17(15-6-7-15)8-9-18(19)10-14-11-20(23(25,26)27)21(28-13-14)16-4-2-1-3-5-16/h1-5,8-9,11-13,15H,6-7,10H2. The minimum absolute atomic E-state index is 0.112. The van der Waals surface area contributed by atoms with Crippen molar-refractivity contribution >= 4 is 16.8 Å². The van der Waals surface area contributed by atoms with Crippen LogP contribution in [0.4, 0.5) is 13.2 Å². The number of carbonyl (C=O) groups excluding carboxylic acids is 1. The van der Waals surface area contributed by atoms with Gasteiger partial charge in [0.25, 0.3) is 5.24 Å². The zero-order chi connectivity index (χ0) is 20.6. The molecule has 0 unspecified atom stereocenters. The van der Waals surface area contributed by atoms with Crippen LogP contribution >= 0.6 is 11.6 Å². The van der Waals surface area contributed by atoms with E-state index in [2.05, 4.69) is 4.98 Å². The summed E-state index contributed by atoms with van der Waals surface area (Å²) in [6, 6.07) is 14.8. The quantitative estimate of drug-likeness (QED) is 0.438. The Morgan fingerprint density at radius 3 is 2.41 bits per heavy atom. The zero-order valence-corrected chi connectivity index (χ0v) is 16.1. The van der Waals surface area contributed by atoms with E-state index in [1.165, 1.54) is 6.20 Å². The van der Waals surface area contributed by atoms with Crippen LogP contribution in [-0.4, -0.2) is 10.2 Å². The number of nitrogens with zero attached hydrogens (tertiary/aromatic N) is 1. The number of carbonyl (C=O) groups is 1. The van der Waals surface area contributed by atoms with Crippen LogP contribution in [0.2, 0.25) is 0 Å². The number of halogens is 4. The highest BCUT2D eigenvalue weighted by Crippen LogP contribution is 2.41. The summed E-state index contributed by atoms with van der Waals surface area (Å²) in [5.41, 5.74) is 1.85. The molecule has 1 aliphatic carbocycles. The molecule has 0 bridgehead atoms. The normalized spacial score (nSPS) is 14.1. The zero-order valence-electron chi connectivity index (χ0n) is 15.3. The van der Waals surface area contributed by atoms with E-state index in [-0.39, 0.29) is 12.1 Å². The molecule has 2 aromatic carbocycles. The van der Waals surface area contributed by atoms with E-state index < -0.39 is 17.0 Å². The molecule has 2 nitrogen and oxygen atoms in total. The second kappa shape index (κ2) is 7.64. The first-order chi connectivity index (χ1) is 13.8. The number of hydrogen-bond donors (Lipinski definition) is 0. The molecular weight excluding hydrogens is 399 g/mol. The van der Waals surface area contributed by atoms with Crippen LogP contribution in [0.5, 0.6) is 0 Å². The largest absolute Gasteiger partial charge is 0.418 e. The van der Waals surface area contributed by atoms with Crippen molar-refractivity contribution in [3.63, 3.8) is 0 Å². The second-order valence-corrected chi connectivity index (χ2v) is 7.59. The molecule has 1 fully saturated rings. The number of hydrogen-bond acceptors (Lipinski definition) is 2. The van der Waals surface area contributed by atoms with Gasteiger partial charge in [-0.1, -0.05) is 42.5 Å². The van der Waals surface area contributed by atoms with Crippen LogP contribution in [0, 0.1) is 0 Å². The number of aromatic nitrogens is 1. The van der Waals surface area contributed by atoms with Crippen LogP contribution in [0.25, 0.3) is 11.3 Å². The topological polar surface area (TPSA) is 30.0 Å². The predicted molar refractivity (Wildman–Crippen MR) is 106 cm³/mol. The lowest BCUT2D eigenvalue weighted by atomic mass is 9.96. The molecule has 1 aliphatic rings. The monoisotopic (exact) mass is 415 g/mol. The molecular formula is C23H17ClF3NO. The summed E-state index contributed by atoms with van der Waals surface area (Å²) in [5, 5.41) is -0.604. The highest BCUT2D eigenvalue weighted by Gasteiger charge is 2.35. The number of pyridine rings is 1. The van der Waals surface area contributed by atoms with Crippen molar-refractivity contribution in [3.05, 3.63) is 88.6 Å². The number of rotatable bonds is 5. The molecule has 29 heavy (non-hydrogen) atoms. The maximum Gasteiger partial charge on any atom is 0.418 e. The van der Waals surface area contributed by atoms with Gasteiger partial charge in [0.15, 0.2) is 0 Å². The summed E-state index contributed by atoms with van der Waals surface area (Å²) in [6.45, 7) is 0. The molecule has 1 saturated carbocycles. The third-order valence-corrected chi connectivity index (χ3v) is 5.29. The lowest BCUT2D eigenvalue weighted by Gasteiger charge is -2.15. The van der Waals surface area contributed by atoms with E-state index in [1.807, 2.05) is 6.07 Å². The third-order valence-electron chi connectivity index (χ3n) is 5.09. The van der Waals surface area contributed by atoms with Crippen molar-refractivity contribution in [3.8, 4) is 11.3 Å². The molecule has 0 radical (unpaired) electrons. The molecule has 6 heteroatoms. The first kappa shape index (κ1) is 19.6. The van der Waals surface area contributed by atoms with Gasteiger partial charge < -0.3 is 0 Å². The van der Waals surface area contributed by atoms with E-state index in [0.29, 0.717) is 28.2 Å². The summed E-state index contributed by atoms with van der Waals surface area (Å²) in [7, 11) is 0. The van der Waals surface area contributed by atoms with E-state index in [0.717, 1.165) is 24.5 Å². The average Bonchev–Trinajstić information content (AvgIpc) is 3.53. The lowest BCUT2D eigenvalue weighted by molar-refractivity contribution is -0.137. The van der Waals surface area contributed by atoms with Crippen molar-refractivity contribution < 1.29 is 18.0 Å². The van der Waals surface area contributed by atoms with Gasteiger partial charge in [-0.3, -0.25) is 9.78 Å². The Labute approximate surface area is 171 Å². The molecule has 0 atom stereocenters. The van der Waals surface area contributed by atoms with Crippen LogP contribution in [0.3, 0.4) is 0 Å². The molecule has 0 amide bonds. The van der Waals surface area contributed by atoms with Gasteiger partial charge in [0.1, 0.15) is 0 Å². The predicted octanol–water partition coefficient (Wildman–Crippen LogP) is 6.61. The number of alkyl halides is 3. The minimum atomic E-state index is -4.55. The number of benzene rings is 2. The van der Waals surface area contributed by atoms with Crippen LogP contribution in [0.15, 0.2) is 60.8 Å². The van der Waals surface area contributed by atoms with Crippen LogP contribution in [0.1, 0.15) is 51.4 Å². The first-order valence-electron chi connectivity index (χ1n) is 9.27. The molecule has 0 saturated heterocycles. The van der Waals surface area contributed by atoms with Gasteiger partial charge in [0.2, 0.25) is 0 Å². The maximum absolute atomic E-state index is 13.7. The minimum Gasteiger partial charge on any atom is -0.276 e. The Hall–Kier alpha value is -2.66. The van der Waals surface area contributed by atoms with Gasteiger partial charge in [-0.25, -0.2) is 0 Å². The molecule has 1 aromatic heterocycles. The van der Waals surface area contributed by atoms with Gasteiger partial charge in [-0.2, -0.15) is 13.2 Å². The third kappa shape index (κ3) is 4.35. The molecule has 1 heterocycles. The van der Waals surface area contributed by atoms with Crippen molar-refractivity contribution in [2.24, 2.45) is 0 Å².